The first-order chi connectivity index (χ1) is 10.9. The molecular formula is C15H17BrN4O3. The zero-order valence-electron chi connectivity index (χ0n) is 12.4. The number of urea groups is 1. The summed E-state index contributed by atoms with van der Waals surface area (Å²) in [5.41, 5.74) is 1.20. The molecule has 2 rings (SSSR count). The van der Waals surface area contributed by atoms with Crippen LogP contribution in [0.4, 0.5) is 10.5 Å². The number of carbonyl (C=O) groups is 1. The second-order valence-electron chi connectivity index (χ2n) is 4.80. The highest BCUT2D eigenvalue weighted by molar-refractivity contribution is 9.10. The molecule has 0 aliphatic heterocycles. The van der Waals surface area contributed by atoms with E-state index >= 15 is 0 Å². The summed E-state index contributed by atoms with van der Waals surface area (Å²) in [4.78, 5) is 11.9. The number of halogens is 1. The number of hydrogen-bond donors (Lipinski definition) is 3. The monoisotopic (exact) mass is 380 g/mol. The average Bonchev–Trinajstić information content (AvgIpc) is 2.53. The van der Waals surface area contributed by atoms with Gasteiger partial charge in [0.2, 0.25) is 0 Å². The van der Waals surface area contributed by atoms with Crippen molar-refractivity contribution in [2.24, 2.45) is 11.7 Å². The zero-order valence-corrected chi connectivity index (χ0v) is 14.0. The Kier molecular flexibility index (Phi) is 5.43. The van der Waals surface area contributed by atoms with Gasteiger partial charge < -0.3 is 9.84 Å². The maximum absolute atomic E-state index is 11.9. The number of amides is 2. The van der Waals surface area contributed by atoms with Crippen molar-refractivity contribution in [3.05, 3.63) is 52.5 Å². The van der Waals surface area contributed by atoms with Gasteiger partial charge in [-0.15, -0.1) is 0 Å². The summed E-state index contributed by atoms with van der Waals surface area (Å²) in [6.45, 7) is 0.189. The standard InChI is InChI=1S/C15H17BrN4O3/c1-19(17)15(22)20(18)13-5-3-2-4-10(13)9-23-14-7-6-11(21)8-12(14)16/h2-8,21H,9,17-18H2,1H3. The topological polar surface area (TPSA) is 105 Å². The van der Waals surface area contributed by atoms with Crippen molar-refractivity contribution in [1.29, 1.82) is 0 Å². The molecule has 0 bridgehead atoms. The number of rotatable bonds is 4. The molecule has 0 spiro atoms. The van der Waals surface area contributed by atoms with Crippen LogP contribution in [0.1, 0.15) is 5.56 Å². The normalized spacial score (nSPS) is 10.3. The van der Waals surface area contributed by atoms with Gasteiger partial charge in [-0.2, -0.15) is 0 Å². The van der Waals surface area contributed by atoms with Crippen LogP contribution in [0, 0.1) is 0 Å². The number of phenolic OH excluding ortho intramolecular Hbond substituents is 1. The maximum atomic E-state index is 11.9. The quantitative estimate of drug-likeness (QED) is 0.428. The molecule has 7 nitrogen and oxygen atoms in total. The number of nitrogens with zero attached hydrogens (tertiary/aromatic N) is 2. The van der Waals surface area contributed by atoms with E-state index < -0.39 is 6.03 Å². The van der Waals surface area contributed by atoms with Crippen molar-refractivity contribution < 1.29 is 14.6 Å². The molecule has 2 amide bonds. The average molecular weight is 381 g/mol. The summed E-state index contributed by atoms with van der Waals surface area (Å²) in [6, 6.07) is 11.2. The highest BCUT2D eigenvalue weighted by atomic mass is 79.9. The summed E-state index contributed by atoms with van der Waals surface area (Å²) in [7, 11) is 1.41. The van der Waals surface area contributed by atoms with E-state index in [4.69, 9.17) is 16.4 Å². The summed E-state index contributed by atoms with van der Waals surface area (Å²) >= 11 is 3.31. The fraction of sp³-hybridized carbons (Fsp3) is 0.133. The van der Waals surface area contributed by atoms with Crippen molar-refractivity contribution >= 4 is 27.6 Å². The van der Waals surface area contributed by atoms with Crippen molar-refractivity contribution in [1.82, 2.24) is 5.01 Å². The number of para-hydroxylation sites is 1. The van der Waals surface area contributed by atoms with Gasteiger partial charge in [0.1, 0.15) is 18.1 Å². The third-order valence-electron chi connectivity index (χ3n) is 3.06. The fourth-order valence-corrected chi connectivity index (χ4v) is 2.38. The summed E-state index contributed by atoms with van der Waals surface area (Å²) in [5, 5.41) is 11.2. The molecule has 2 aromatic rings. The minimum Gasteiger partial charge on any atom is -0.508 e. The first-order valence-corrected chi connectivity index (χ1v) is 7.46. The van der Waals surface area contributed by atoms with Crippen LogP contribution >= 0.6 is 15.9 Å². The van der Waals surface area contributed by atoms with Gasteiger partial charge in [-0.25, -0.2) is 21.5 Å². The van der Waals surface area contributed by atoms with E-state index in [0.29, 0.717) is 21.5 Å². The minimum absolute atomic E-state index is 0.134. The lowest BCUT2D eigenvalue weighted by atomic mass is 10.2. The Labute approximate surface area is 142 Å². The smallest absolute Gasteiger partial charge is 0.352 e. The van der Waals surface area contributed by atoms with Crippen LogP contribution in [0.3, 0.4) is 0 Å². The second-order valence-corrected chi connectivity index (χ2v) is 5.65. The number of aromatic hydroxyl groups is 1. The van der Waals surface area contributed by atoms with Crippen LogP contribution in [0.15, 0.2) is 46.9 Å². The van der Waals surface area contributed by atoms with Crippen LogP contribution in [0.5, 0.6) is 11.5 Å². The largest absolute Gasteiger partial charge is 0.508 e. The van der Waals surface area contributed by atoms with E-state index in [9.17, 15) is 9.90 Å². The molecule has 23 heavy (non-hydrogen) atoms. The van der Waals surface area contributed by atoms with Gasteiger partial charge >= 0.3 is 6.03 Å². The number of ether oxygens (including phenoxy) is 1. The molecule has 0 saturated carbocycles. The Morgan fingerprint density at radius 2 is 1.96 bits per heavy atom. The Balaban J connectivity index is 2.19. The SMILES string of the molecule is CN(N)C(=O)N(N)c1ccccc1COc1ccc(O)cc1Br. The Hall–Kier alpha value is -2.29. The molecule has 5 N–H and O–H groups in total. The summed E-state index contributed by atoms with van der Waals surface area (Å²) < 4.78 is 6.34. The number of carbonyl (C=O) groups excluding carboxylic acids is 1. The van der Waals surface area contributed by atoms with Gasteiger partial charge in [0.25, 0.3) is 0 Å². The molecule has 0 saturated heterocycles. The highest BCUT2D eigenvalue weighted by Crippen LogP contribution is 2.30. The van der Waals surface area contributed by atoms with Gasteiger partial charge in [0, 0.05) is 12.6 Å². The molecular weight excluding hydrogens is 364 g/mol. The third kappa shape index (κ3) is 4.13. The van der Waals surface area contributed by atoms with Crippen LogP contribution in [0.2, 0.25) is 0 Å². The fourth-order valence-electron chi connectivity index (χ4n) is 1.90. The Morgan fingerprint density at radius 3 is 2.61 bits per heavy atom. The van der Waals surface area contributed by atoms with Crippen molar-refractivity contribution in [3.8, 4) is 11.5 Å². The number of hydrogen-bond acceptors (Lipinski definition) is 5. The Morgan fingerprint density at radius 1 is 1.26 bits per heavy atom. The number of nitrogens with two attached hydrogens (primary N) is 2. The molecule has 0 unspecified atom stereocenters. The molecule has 0 radical (unpaired) electrons. The van der Waals surface area contributed by atoms with Crippen molar-refractivity contribution in [2.75, 3.05) is 12.1 Å². The number of hydrazine groups is 2. The number of benzene rings is 2. The molecule has 0 atom stereocenters. The van der Waals surface area contributed by atoms with E-state index in [1.807, 2.05) is 6.07 Å². The molecule has 2 aromatic carbocycles. The van der Waals surface area contributed by atoms with Crippen LogP contribution in [0.25, 0.3) is 0 Å². The molecule has 122 valence electrons. The van der Waals surface area contributed by atoms with E-state index in [1.165, 1.54) is 19.2 Å². The summed E-state index contributed by atoms with van der Waals surface area (Å²) in [6.07, 6.45) is 0. The van der Waals surface area contributed by atoms with Gasteiger partial charge in [-0.3, -0.25) is 5.01 Å². The molecule has 0 aliphatic carbocycles. The van der Waals surface area contributed by atoms with E-state index in [1.54, 1.807) is 24.3 Å². The van der Waals surface area contributed by atoms with Crippen LogP contribution in [-0.2, 0) is 6.61 Å². The first kappa shape index (κ1) is 17.1. The molecule has 8 heteroatoms. The highest BCUT2D eigenvalue weighted by Gasteiger charge is 2.17. The predicted octanol–water partition coefficient (Wildman–Crippen LogP) is 2.34. The van der Waals surface area contributed by atoms with Gasteiger partial charge in [0.05, 0.1) is 10.2 Å². The van der Waals surface area contributed by atoms with Crippen molar-refractivity contribution in [3.63, 3.8) is 0 Å². The molecule has 0 fully saturated rings. The van der Waals surface area contributed by atoms with E-state index in [2.05, 4.69) is 15.9 Å². The van der Waals surface area contributed by atoms with Crippen molar-refractivity contribution in [2.45, 2.75) is 6.61 Å². The van der Waals surface area contributed by atoms with E-state index in [-0.39, 0.29) is 12.4 Å². The lowest BCUT2D eigenvalue weighted by Crippen LogP contribution is -2.49. The van der Waals surface area contributed by atoms with Gasteiger partial charge in [0.15, 0.2) is 0 Å². The second kappa shape index (κ2) is 7.32. The first-order valence-electron chi connectivity index (χ1n) is 6.66. The third-order valence-corrected chi connectivity index (χ3v) is 3.68. The van der Waals surface area contributed by atoms with Crippen LogP contribution < -0.4 is 21.4 Å². The minimum atomic E-state index is -0.553. The molecule has 0 aliphatic rings. The lowest BCUT2D eigenvalue weighted by Gasteiger charge is -2.23. The van der Waals surface area contributed by atoms with E-state index in [0.717, 1.165) is 10.0 Å². The molecule has 0 aromatic heterocycles. The van der Waals surface area contributed by atoms with Crippen LogP contribution in [-0.4, -0.2) is 23.2 Å². The van der Waals surface area contributed by atoms with Gasteiger partial charge in [-0.1, -0.05) is 18.2 Å². The zero-order chi connectivity index (χ0) is 17.0. The predicted molar refractivity (Wildman–Crippen MR) is 90.6 cm³/mol. The lowest BCUT2D eigenvalue weighted by molar-refractivity contribution is 0.216. The Bertz CT molecular complexity index is 709. The number of anilines is 1. The number of phenols is 1. The molecule has 0 heterocycles. The summed E-state index contributed by atoms with van der Waals surface area (Å²) in [5.74, 6) is 11.9. The van der Waals surface area contributed by atoms with Gasteiger partial charge in [-0.05, 0) is 40.2 Å². The maximum Gasteiger partial charge on any atom is 0.352 e.